The zero-order valence-corrected chi connectivity index (χ0v) is 29.3. The Labute approximate surface area is 300 Å². The summed E-state index contributed by atoms with van der Waals surface area (Å²) < 4.78 is 38.2. The smallest absolute Gasteiger partial charge is 0.253 e. The second-order valence-electron chi connectivity index (χ2n) is 12.8. The van der Waals surface area contributed by atoms with Gasteiger partial charge < -0.3 is 24.9 Å². The predicted octanol–water partition coefficient (Wildman–Crippen LogP) is 8.18. The summed E-state index contributed by atoms with van der Waals surface area (Å²) in [6.45, 7) is 1.16. The minimum atomic E-state index is -0.730. The Morgan fingerprint density at radius 2 is 1.86 bits per heavy atom. The lowest BCUT2D eigenvalue weighted by atomic mass is 9.89. The highest BCUT2D eigenvalue weighted by molar-refractivity contribution is 9.10. The molecule has 6 aromatic rings. The number of aromatic nitrogens is 2. The number of hydrogen-bond donors (Lipinski definition) is 4. The number of hydrogen-bond acceptors (Lipinski definition) is 7. The maximum absolute atomic E-state index is 15.6. The van der Waals surface area contributed by atoms with Gasteiger partial charge in [-0.1, -0.05) is 40.9 Å². The number of nitrogens with one attached hydrogen (secondary N) is 4. The molecule has 3 heterocycles. The number of anilines is 3. The number of fused-ring (bicyclic) bond motifs is 4. The molecule has 2 aromatic heterocycles. The first-order valence-corrected chi connectivity index (χ1v) is 17.6. The van der Waals surface area contributed by atoms with Crippen LogP contribution in [-0.4, -0.2) is 40.4 Å². The largest absolute Gasteiger partial charge is 0.464 e. The van der Waals surface area contributed by atoms with E-state index < -0.39 is 23.5 Å². The summed E-state index contributed by atoms with van der Waals surface area (Å²) in [5.41, 5.74) is 2.97. The van der Waals surface area contributed by atoms with E-state index in [1.165, 1.54) is 18.5 Å². The average Bonchev–Trinajstić information content (AvgIpc) is 3.71. The number of carbonyl (C=O) groups excluding carboxylic acids is 3. The fourth-order valence-corrected chi connectivity index (χ4v) is 6.97. The zero-order valence-electron chi connectivity index (χ0n) is 27.7. The molecular formula is C38H35BrF2N6O4. The Morgan fingerprint density at radius 1 is 1.04 bits per heavy atom. The number of rotatable bonds is 12. The highest BCUT2D eigenvalue weighted by Crippen LogP contribution is 2.38. The van der Waals surface area contributed by atoms with Crippen molar-refractivity contribution >= 4 is 83.5 Å². The lowest BCUT2D eigenvalue weighted by Gasteiger charge is -2.20. The van der Waals surface area contributed by atoms with Crippen molar-refractivity contribution < 1.29 is 27.6 Å². The lowest BCUT2D eigenvalue weighted by Crippen LogP contribution is -2.39. The zero-order chi connectivity index (χ0) is 35.6. The number of unbranched alkanes of at least 4 members (excludes halogenated alkanes) is 3. The third-order valence-electron chi connectivity index (χ3n) is 9.31. The number of furan rings is 1. The molecule has 0 bridgehead atoms. The SMILES string of the molecule is Cn1cnc2c(F)c(Nc3ccc(Br)cc3F)c(C(=O)NCCCCCCNc3ccc4c(ccc5occ(C6CCC(=O)NC6=O)c54)c3)cc21. The van der Waals surface area contributed by atoms with Gasteiger partial charge in [-0.25, -0.2) is 13.8 Å². The maximum Gasteiger partial charge on any atom is 0.253 e. The fraction of sp³-hybridized carbons (Fsp3) is 0.263. The van der Waals surface area contributed by atoms with E-state index in [0.29, 0.717) is 35.0 Å². The third kappa shape index (κ3) is 7.03. The van der Waals surface area contributed by atoms with Crippen LogP contribution in [0.15, 0.2) is 76.1 Å². The molecule has 4 N–H and O–H groups in total. The van der Waals surface area contributed by atoms with E-state index in [4.69, 9.17) is 4.42 Å². The van der Waals surface area contributed by atoms with Gasteiger partial charge in [0.05, 0.1) is 41.0 Å². The number of aryl methyl sites for hydroxylation is 1. The minimum Gasteiger partial charge on any atom is -0.464 e. The second kappa shape index (κ2) is 14.5. The van der Waals surface area contributed by atoms with Crippen LogP contribution in [0.4, 0.5) is 25.8 Å². The van der Waals surface area contributed by atoms with Gasteiger partial charge >= 0.3 is 0 Å². The number of nitrogens with zero attached hydrogens (tertiary/aromatic N) is 2. The van der Waals surface area contributed by atoms with Crippen molar-refractivity contribution in [2.45, 2.75) is 44.4 Å². The molecule has 4 aromatic carbocycles. The van der Waals surface area contributed by atoms with Crippen molar-refractivity contribution in [2.75, 3.05) is 23.7 Å². The standard InChI is InChI=1S/C38H35BrF2N6O4/c1-47-20-44-36-30(47)18-26(35(34(36)41)45-29-11-7-22(39)17-28(29)40)37(49)43-15-5-3-2-4-14-42-23-8-9-24-21(16-23)6-12-31-33(24)27(19-51-31)25-10-13-32(48)46-38(25)50/h6-9,11-12,16-20,25,42,45H,2-5,10,13-15H2,1H3,(H,43,49)(H,46,48,50). The van der Waals surface area contributed by atoms with Crippen molar-refractivity contribution in [3.63, 3.8) is 0 Å². The average molecular weight is 758 g/mol. The summed E-state index contributed by atoms with van der Waals surface area (Å²) in [7, 11) is 1.71. The van der Waals surface area contributed by atoms with Crippen LogP contribution in [0.1, 0.15) is 60.4 Å². The Balaban J connectivity index is 0.918. The predicted molar refractivity (Wildman–Crippen MR) is 196 cm³/mol. The Hall–Kier alpha value is -5.30. The molecule has 3 amide bonds. The Bertz CT molecular complexity index is 2320. The van der Waals surface area contributed by atoms with Crippen molar-refractivity contribution in [1.82, 2.24) is 20.2 Å². The van der Waals surface area contributed by atoms with E-state index in [9.17, 15) is 18.8 Å². The van der Waals surface area contributed by atoms with Gasteiger partial charge in [0, 0.05) is 47.7 Å². The molecule has 0 aliphatic carbocycles. The fourth-order valence-electron chi connectivity index (χ4n) is 6.63. The molecule has 262 valence electrons. The van der Waals surface area contributed by atoms with Crippen molar-refractivity contribution in [2.24, 2.45) is 7.05 Å². The van der Waals surface area contributed by atoms with E-state index in [2.05, 4.69) is 48.2 Å². The van der Waals surface area contributed by atoms with Crippen molar-refractivity contribution in [1.29, 1.82) is 0 Å². The van der Waals surface area contributed by atoms with Crippen LogP contribution >= 0.6 is 15.9 Å². The number of imidazole rings is 1. The van der Waals surface area contributed by atoms with Gasteiger partial charge in [0.2, 0.25) is 11.8 Å². The summed E-state index contributed by atoms with van der Waals surface area (Å²) in [5.74, 6) is -2.76. The minimum absolute atomic E-state index is 0.0351. The summed E-state index contributed by atoms with van der Waals surface area (Å²) in [6.07, 6.45) is 7.33. The lowest BCUT2D eigenvalue weighted by molar-refractivity contribution is -0.134. The highest BCUT2D eigenvalue weighted by Gasteiger charge is 2.31. The van der Waals surface area contributed by atoms with E-state index in [0.717, 1.165) is 59.6 Å². The number of amides is 3. The molecule has 1 aliphatic heterocycles. The van der Waals surface area contributed by atoms with Crippen LogP contribution in [0.5, 0.6) is 0 Å². The van der Waals surface area contributed by atoms with Crippen molar-refractivity contribution in [3.05, 3.63) is 94.4 Å². The number of piperidine rings is 1. The molecule has 1 atom stereocenters. The number of carbonyl (C=O) groups is 3. The van der Waals surface area contributed by atoms with Crippen LogP contribution < -0.4 is 21.3 Å². The Kier molecular flexibility index (Phi) is 9.72. The summed E-state index contributed by atoms with van der Waals surface area (Å²) in [4.78, 5) is 41.6. The van der Waals surface area contributed by atoms with Crippen LogP contribution in [0.25, 0.3) is 32.8 Å². The van der Waals surface area contributed by atoms with Crippen LogP contribution in [-0.2, 0) is 16.6 Å². The van der Waals surface area contributed by atoms with Gasteiger partial charge in [0.15, 0.2) is 5.82 Å². The molecule has 1 unspecified atom stereocenters. The van der Waals surface area contributed by atoms with Gasteiger partial charge in [-0.3, -0.25) is 19.7 Å². The van der Waals surface area contributed by atoms with Gasteiger partial charge in [0.1, 0.15) is 16.9 Å². The highest BCUT2D eigenvalue weighted by atomic mass is 79.9. The maximum atomic E-state index is 15.6. The van der Waals surface area contributed by atoms with E-state index >= 15 is 4.39 Å². The first-order chi connectivity index (χ1) is 24.7. The number of imide groups is 1. The van der Waals surface area contributed by atoms with Crippen LogP contribution in [0.2, 0.25) is 0 Å². The molecular weight excluding hydrogens is 722 g/mol. The Morgan fingerprint density at radius 3 is 2.67 bits per heavy atom. The van der Waals surface area contributed by atoms with E-state index in [1.54, 1.807) is 30.0 Å². The van der Waals surface area contributed by atoms with Crippen molar-refractivity contribution in [3.8, 4) is 0 Å². The molecule has 51 heavy (non-hydrogen) atoms. The topological polar surface area (TPSA) is 130 Å². The quantitative estimate of drug-likeness (QED) is 0.0732. The molecule has 0 radical (unpaired) electrons. The first-order valence-electron chi connectivity index (χ1n) is 16.8. The molecule has 0 spiro atoms. The molecule has 10 nitrogen and oxygen atoms in total. The first kappa shape index (κ1) is 34.2. The molecule has 1 saturated heterocycles. The van der Waals surface area contributed by atoms with E-state index in [1.807, 2.05) is 24.3 Å². The molecule has 1 fully saturated rings. The third-order valence-corrected chi connectivity index (χ3v) is 9.81. The number of halogens is 3. The monoisotopic (exact) mass is 756 g/mol. The van der Waals surface area contributed by atoms with E-state index in [-0.39, 0.29) is 34.3 Å². The molecule has 0 saturated carbocycles. The van der Waals surface area contributed by atoms with Gasteiger partial charge in [0.25, 0.3) is 5.91 Å². The summed E-state index contributed by atoms with van der Waals surface area (Å²) in [6, 6.07) is 15.9. The van der Waals surface area contributed by atoms with Gasteiger partial charge in [-0.05, 0) is 72.5 Å². The molecule has 1 aliphatic rings. The van der Waals surface area contributed by atoms with Crippen LogP contribution in [0, 0.1) is 11.6 Å². The number of benzene rings is 4. The van der Waals surface area contributed by atoms with Gasteiger partial charge in [-0.15, -0.1) is 0 Å². The van der Waals surface area contributed by atoms with Gasteiger partial charge in [-0.2, -0.15) is 0 Å². The molecule has 7 rings (SSSR count). The summed E-state index contributed by atoms with van der Waals surface area (Å²) in [5, 5.41) is 14.5. The molecule has 13 heteroatoms. The van der Waals surface area contributed by atoms with Crippen LogP contribution in [0.3, 0.4) is 0 Å². The second-order valence-corrected chi connectivity index (χ2v) is 13.7. The normalized spacial score (nSPS) is 14.7. The summed E-state index contributed by atoms with van der Waals surface area (Å²) >= 11 is 3.22.